The first-order valence-electron chi connectivity index (χ1n) is 8.75. The van der Waals surface area contributed by atoms with Crippen LogP contribution >= 0.6 is 0 Å². The van der Waals surface area contributed by atoms with Gasteiger partial charge in [0.15, 0.2) is 0 Å². The predicted octanol–water partition coefficient (Wildman–Crippen LogP) is 4.83. The molecule has 0 aliphatic carbocycles. The molecule has 0 saturated heterocycles. The van der Waals surface area contributed by atoms with E-state index in [2.05, 4.69) is 34.8 Å². The van der Waals surface area contributed by atoms with Gasteiger partial charge in [-0.2, -0.15) is 5.10 Å². The Labute approximate surface area is 154 Å². The van der Waals surface area contributed by atoms with Crippen LogP contribution in [-0.2, 0) is 11.2 Å². The molecule has 1 N–H and O–H groups in total. The van der Waals surface area contributed by atoms with Crippen LogP contribution in [0.1, 0.15) is 24.5 Å². The summed E-state index contributed by atoms with van der Waals surface area (Å²) in [6.07, 6.45) is 1.14. The van der Waals surface area contributed by atoms with Crippen LogP contribution in [0.3, 0.4) is 0 Å². The molecule has 0 radical (unpaired) electrons. The Kier molecular flexibility index (Phi) is 5.94. The van der Waals surface area contributed by atoms with Crippen molar-refractivity contribution in [2.45, 2.75) is 19.8 Å². The highest BCUT2D eigenvalue weighted by Crippen LogP contribution is 2.19. The highest BCUT2D eigenvalue weighted by Gasteiger charge is 2.03. The van der Waals surface area contributed by atoms with Crippen molar-refractivity contribution in [3.63, 3.8) is 0 Å². The van der Waals surface area contributed by atoms with Crippen LogP contribution in [0.5, 0.6) is 0 Å². The molecule has 3 aromatic rings. The van der Waals surface area contributed by atoms with Gasteiger partial charge in [-0.25, -0.2) is 5.43 Å². The van der Waals surface area contributed by atoms with Crippen LogP contribution in [0.15, 0.2) is 90.0 Å². The first-order valence-corrected chi connectivity index (χ1v) is 8.75. The Morgan fingerprint density at radius 2 is 1.38 bits per heavy atom. The third-order valence-electron chi connectivity index (χ3n) is 4.24. The van der Waals surface area contributed by atoms with Crippen molar-refractivity contribution in [1.29, 1.82) is 0 Å². The number of hydrogen-bond acceptors (Lipinski definition) is 2. The molecule has 0 aromatic heterocycles. The van der Waals surface area contributed by atoms with Gasteiger partial charge in [0.25, 0.3) is 0 Å². The fourth-order valence-electron chi connectivity index (χ4n) is 2.70. The molecule has 0 saturated carbocycles. The fourth-order valence-corrected chi connectivity index (χ4v) is 2.70. The predicted molar refractivity (Wildman–Crippen MR) is 107 cm³/mol. The molecular formula is C23H22N2O. The first-order chi connectivity index (χ1) is 12.7. The summed E-state index contributed by atoms with van der Waals surface area (Å²) < 4.78 is 0. The molecule has 0 aliphatic rings. The molecule has 1 amide bonds. The van der Waals surface area contributed by atoms with E-state index in [0.717, 1.165) is 22.4 Å². The van der Waals surface area contributed by atoms with E-state index in [1.54, 1.807) is 0 Å². The summed E-state index contributed by atoms with van der Waals surface area (Å²) in [7, 11) is 0. The molecule has 0 aliphatic heterocycles. The lowest BCUT2D eigenvalue weighted by atomic mass is 10.0. The van der Waals surface area contributed by atoms with Crippen LogP contribution in [0, 0.1) is 0 Å². The van der Waals surface area contributed by atoms with Gasteiger partial charge in [-0.1, -0.05) is 84.9 Å². The summed E-state index contributed by atoms with van der Waals surface area (Å²) in [6, 6.07) is 28.4. The SMILES string of the molecule is CC(=NNC(=O)CCc1ccccc1)c1ccc(-c2ccccc2)cc1. The van der Waals surface area contributed by atoms with Crippen molar-refractivity contribution in [3.05, 3.63) is 96.1 Å². The van der Waals surface area contributed by atoms with E-state index < -0.39 is 0 Å². The minimum Gasteiger partial charge on any atom is -0.273 e. The lowest BCUT2D eigenvalue weighted by molar-refractivity contribution is -0.121. The van der Waals surface area contributed by atoms with Gasteiger partial charge in [0.1, 0.15) is 0 Å². The zero-order valence-corrected chi connectivity index (χ0v) is 14.9. The van der Waals surface area contributed by atoms with Gasteiger partial charge < -0.3 is 0 Å². The molecule has 130 valence electrons. The number of amides is 1. The number of nitrogens with one attached hydrogen (secondary N) is 1. The number of aryl methyl sites for hydroxylation is 1. The van der Waals surface area contributed by atoms with Gasteiger partial charge >= 0.3 is 0 Å². The third-order valence-corrected chi connectivity index (χ3v) is 4.24. The maximum absolute atomic E-state index is 12.0. The number of carbonyl (C=O) groups excluding carboxylic acids is 1. The van der Waals surface area contributed by atoms with Crippen molar-refractivity contribution in [2.75, 3.05) is 0 Å². The highest BCUT2D eigenvalue weighted by atomic mass is 16.2. The van der Waals surface area contributed by atoms with E-state index in [1.165, 1.54) is 5.56 Å². The number of carbonyl (C=O) groups is 1. The molecular weight excluding hydrogens is 320 g/mol. The monoisotopic (exact) mass is 342 g/mol. The zero-order valence-electron chi connectivity index (χ0n) is 14.9. The van der Waals surface area contributed by atoms with Gasteiger partial charge in [-0.3, -0.25) is 4.79 Å². The lowest BCUT2D eigenvalue weighted by Gasteiger charge is -2.05. The summed E-state index contributed by atoms with van der Waals surface area (Å²) in [6.45, 7) is 1.90. The van der Waals surface area contributed by atoms with Crippen LogP contribution in [-0.4, -0.2) is 11.6 Å². The van der Waals surface area contributed by atoms with Gasteiger partial charge in [0, 0.05) is 6.42 Å². The van der Waals surface area contributed by atoms with Gasteiger partial charge in [-0.15, -0.1) is 0 Å². The second kappa shape index (κ2) is 8.77. The van der Waals surface area contributed by atoms with E-state index in [-0.39, 0.29) is 5.91 Å². The Balaban J connectivity index is 1.56. The molecule has 3 nitrogen and oxygen atoms in total. The topological polar surface area (TPSA) is 41.5 Å². The molecule has 3 aromatic carbocycles. The van der Waals surface area contributed by atoms with E-state index in [9.17, 15) is 4.79 Å². The Hall–Kier alpha value is -3.20. The summed E-state index contributed by atoms with van der Waals surface area (Å²) in [4.78, 5) is 12.0. The molecule has 0 fully saturated rings. The summed E-state index contributed by atoms with van der Waals surface area (Å²) in [5, 5.41) is 4.23. The Bertz CT molecular complexity index is 869. The molecule has 26 heavy (non-hydrogen) atoms. The highest BCUT2D eigenvalue weighted by molar-refractivity contribution is 5.99. The number of nitrogens with zero attached hydrogens (tertiary/aromatic N) is 1. The molecule has 0 unspecified atom stereocenters. The average molecular weight is 342 g/mol. The van der Waals surface area contributed by atoms with Crippen LogP contribution in [0.25, 0.3) is 11.1 Å². The summed E-state index contributed by atoms with van der Waals surface area (Å²) in [5.74, 6) is -0.0749. The number of hydrazone groups is 1. The molecule has 3 rings (SSSR count). The number of benzene rings is 3. The Morgan fingerprint density at radius 3 is 2.04 bits per heavy atom. The normalized spacial score (nSPS) is 11.2. The maximum atomic E-state index is 12.0. The molecule has 3 heteroatoms. The molecule has 0 spiro atoms. The van der Waals surface area contributed by atoms with Crippen molar-refractivity contribution in [1.82, 2.24) is 5.43 Å². The Morgan fingerprint density at radius 1 is 0.808 bits per heavy atom. The van der Waals surface area contributed by atoms with Crippen LogP contribution < -0.4 is 5.43 Å². The summed E-state index contributed by atoms with van der Waals surface area (Å²) >= 11 is 0. The van der Waals surface area contributed by atoms with Gasteiger partial charge in [-0.05, 0) is 35.6 Å². The van der Waals surface area contributed by atoms with Crippen molar-refractivity contribution < 1.29 is 4.79 Å². The van der Waals surface area contributed by atoms with Gasteiger partial charge in [0.2, 0.25) is 5.91 Å². The molecule has 0 heterocycles. The van der Waals surface area contributed by atoms with E-state index in [0.29, 0.717) is 12.8 Å². The number of rotatable bonds is 6. The fraction of sp³-hybridized carbons (Fsp3) is 0.130. The van der Waals surface area contributed by atoms with Crippen molar-refractivity contribution in [3.8, 4) is 11.1 Å². The third kappa shape index (κ3) is 4.90. The second-order valence-corrected chi connectivity index (χ2v) is 6.16. The quantitative estimate of drug-likeness (QED) is 0.506. The van der Waals surface area contributed by atoms with Crippen molar-refractivity contribution >= 4 is 11.6 Å². The number of hydrogen-bond donors (Lipinski definition) is 1. The maximum Gasteiger partial charge on any atom is 0.240 e. The minimum absolute atomic E-state index is 0.0749. The van der Waals surface area contributed by atoms with Gasteiger partial charge in [0.05, 0.1) is 5.71 Å². The van der Waals surface area contributed by atoms with E-state index in [4.69, 9.17) is 0 Å². The second-order valence-electron chi connectivity index (χ2n) is 6.16. The van der Waals surface area contributed by atoms with E-state index >= 15 is 0 Å². The minimum atomic E-state index is -0.0749. The van der Waals surface area contributed by atoms with Crippen LogP contribution in [0.2, 0.25) is 0 Å². The lowest BCUT2D eigenvalue weighted by Crippen LogP contribution is -2.19. The van der Waals surface area contributed by atoms with Crippen molar-refractivity contribution in [2.24, 2.45) is 5.10 Å². The standard InChI is InChI=1S/C23H22N2O/c1-18(24-25-23(26)17-12-19-8-4-2-5-9-19)20-13-15-22(16-14-20)21-10-6-3-7-11-21/h2-11,13-16H,12,17H2,1H3,(H,25,26). The molecule has 0 atom stereocenters. The van der Waals surface area contributed by atoms with Crippen LogP contribution in [0.4, 0.5) is 0 Å². The molecule has 0 bridgehead atoms. The smallest absolute Gasteiger partial charge is 0.240 e. The first kappa shape index (κ1) is 17.6. The summed E-state index contributed by atoms with van der Waals surface area (Å²) in [5.41, 5.74) is 7.93. The average Bonchev–Trinajstić information content (AvgIpc) is 2.72. The van der Waals surface area contributed by atoms with E-state index in [1.807, 2.05) is 67.6 Å². The largest absolute Gasteiger partial charge is 0.273 e. The zero-order chi connectivity index (χ0) is 18.2.